The van der Waals surface area contributed by atoms with Crippen LogP contribution in [0.2, 0.25) is 0 Å². The number of nitrogens with zero attached hydrogens (tertiary/aromatic N) is 2. The number of ether oxygens (including phenoxy) is 3. The van der Waals surface area contributed by atoms with Crippen molar-refractivity contribution in [1.82, 2.24) is 15.5 Å². The van der Waals surface area contributed by atoms with Crippen LogP contribution in [0.5, 0.6) is 11.5 Å². The number of aliphatic imine (C=N–C) groups is 1. The van der Waals surface area contributed by atoms with Crippen LogP contribution in [0.3, 0.4) is 0 Å². The molecule has 0 amide bonds. The third-order valence-electron chi connectivity index (χ3n) is 5.36. The van der Waals surface area contributed by atoms with E-state index < -0.39 is 0 Å². The molecule has 1 saturated heterocycles. The Balaban J connectivity index is 0.00000480. The van der Waals surface area contributed by atoms with Gasteiger partial charge in [0, 0.05) is 33.2 Å². The fraction of sp³-hybridized carbons (Fsp3) is 0.696. The van der Waals surface area contributed by atoms with Crippen LogP contribution in [0.15, 0.2) is 23.2 Å². The molecule has 0 spiro atoms. The summed E-state index contributed by atoms with van der Waals surface area (Å²) in [6.07, 6.45) is 2.30. The third-order valence-corrected chi connectivity index (χ3v) is 5.36. The molecule has 2 N–H and O–H groups in total. The lowest BCUT2D eigenvalue weighted by Gasteiger charge is -2.35. The zero-order chi connectivity index (χ0) is 22.0. The molecule has 1 aromatic rings. The van der Waals surface area contributed by atoms with E-state index in [1.54, 1.807) is 14.2 Å². The molecule has 8 heteroatoms. The molecular formula is C23H41IN4O3. The van der Waals surface area contributed by atoms with Crippen LogP contribution < -0.4 is 20.1 Å². The maximum atomic E-state index is 5.56. The number of rotatable bonds is 9. The van der Waals surface area contributed by atoms with E-state index in [1.165, 1.54) is 12.0 Å². The second-order valence-electron chi connectivity index (χ2n) is 8.82. The van der Waals surface area contributed by atoms with Gasteiger partial charge in [-0.25, -0.2) is 0 Å². The van der Waals surface area contributed by atoms with Gasteiger partial charge in [-0.2, -0.15) is 0 Å². The predicted octanol–water partition coefficient (Wildman–Crippen LogP) is 3.69. The van der Waals surface area contributed by atoms with E-state index >= 15 is 0 Å². The number of guanidine groups is 1. The quantitative estimate of drug-likeness (QED) is 0.213. The van der Waals surface area contributed by atoms with Crippen LogP contribution in [-0.4, -0.2) is 71.5 Å². The molecule has 1 aliphatic heterocycles. The fourth-order valence-electron chi connectivity index (χ4n) is 3.65. The van der Waals surface area contributed by atoms with E-state index in [4.69, 9.17) is 14.2 Å². The Hall–Kier alpha value is -1.26. The van der Waals surface area contributed by atoms with E-state index in [2.05, 4.69) is 53.4 Å². The molecule has 2 rings (SSSR count). The predicted molar refractivity (Wildman–Crippen MR) is 138 cm³/mol. The maximum Gasteiger partial charge on any atom is 0.191 e. The average molecular weight is 549 g/mol. The minimum Gasteiger partial charge on any atom is -0.493 e. The smallest absolute Gasteiger partial charge is 0.191 e. The Morgan fingerprint density at radius 2 is 1.81 bits per heavy atom. The summed E-state index contributed by atoms with van der Waals surface area (Å²) in [6, 6.07) is 6.34. The van der Waals surface area contributed by atoms with Gasteiger partial charge in [0.1, 0.15) is 0 Å². The van der Waals surface area contributed by atoms with Crippen molar-refractivity contribution in [3.05, 3.63) is 23.8 Å². The van der Waals surface area contributed by atoms with Gasteiger partial charge < -0.3 is 24.8 Å². The van der Waals surface area contributed by atoms with Crippen molar-refractivity contribution in [2.45, 2.75) is 39.7 Å². The number of morpholine rings is 1. The lowest BCUT2D eigenvalue weighted by molar-refractivity contribution is 0.0169. The van der Waals surface area contributed by atoms with Crippen molar-refractivity contribution in [1.29, 1.82) is 0 Å². The van der Waals surface area contributed by atoms with E-state index in [-0.39, 0.29) is 30.0 Å². The number of methoxy groups -OCH3 is 2. The first kappa shape index (κ1) is 27.8. The van der Waals surface area contributed by atoms with Crippen LogP contribution >= 0.6 is 24.0 Å². The summed E-state index contributed by atoms with van der Waals surface area (Å²) in [5, 5.41) is 6.96. The van der Waals surface area contributed by atoms with Gasteiger partial charge in [0.15, 0.2) is 17.5 Å². The SMILES string of the molecule is CN=C(NCCCC(C)(C)C)NCC(c1ccc(OC)c(OC)c1)N1CCOCC1.I. The second-order valence-corrected chi connectivity index (χ2v) is 8.82. The number of nitrogens with one attached hydrogen (secondary N) is 2. The van der Waals surface area contributed by atoms with E-state index in [9.17, 15) is 0 Å². The van der Waals surface area contributed by atoms with Crippen molar-refractivity contribution >= 4 is 29.9 Å². The molecule has 1 atom stereocenters. The van der Waals surface area contributed by atoms with Gasteiger partial charge >= 0.3 is 0 Å². The molecule has 0 radical (unpaired) electrons. The summed E-state index contributed by atoms with van der Waals surface area (Å²) >= 11 is 0. The molecular weight excluding hydrogens is 507 g/mol. The third kappa shape index (κ3) is 9.41. The molecule has 0 aromatic heterocycles. The maximum absolute atomic E-state index is 5.56. The number of hydrogen-bond acceptors (Lipinski definition) is 5. The van der Waals surface area contributed by atoms with E-state index in [1.807, 2.05) is 13.1 Å². The summed E-state index contributed by atoms with van der Waals surface area (Å²) in [5.74, 6) is 2.33. The van der Waals surface area contributed by atoms with Crippen LogP contribution in [-0.2, 0) is 4.74 Å². The summed E-state index contributed by atoms with van der Waals surface area (Å²) < 4.78 is 16.5. The highest BCUT2D eigenvalue weighted by molar-refractivity contribution is 14.0. The molecule has 0 saturated carbocycles. The molecule has 1 heterocycles. The van der Waals surface area contributed by atoms with Crippen LogP contribution in [0, 0.1) is 5.41 Å². The normalized spacial score (nSPS) is 16.3. The minimum atomic E-state index is 0. The highest BCUT2D eigenvalue weighted by Crippen LogP contribution is 2.32. The highest BCUT2D eigenvalue weighted by Gasteiger charge is 2.24. The van der Waals surface area contributed by atoms with Gasteiger partial charge in [0.2, 0.25) is 0 Å². The zero-order valence-electron chi connectivity index (χ0n) is 20.0. The minimum absolute atomic E-state index is 0. The number of hydrogen-bond donors (Lipinski definition) is 2. The molecule has 1 unspecified atom stereocenters. The zero-order valence-corrected chi connectivity index (χ0v) is 22.3. The van der Waals surface area contributed by atoms with Gasteiger partial charge in [-0.3, -0.25) is 9.89 Å². The molecule has 0 bridgehead atoms. The lowest BCUT2D eigenvalue weighted by Crippen LogP contribution is -2.46. The van der Waals surface area contributed by atoms with Crippen molar-refractivity contribution < 1.29 is 14.2 Å². The largest absolute Gasteiger partial charge is 0.493 e. The fourth-order valence-corrected chi connectivity index (χ4v) is 3.65. The standard InChI is InChI=1S/C23H40N4O3.HI/c1-23(2,3)10-7-11-25-22(24-4)26-17-19(27-12-14-30-15-13-27)18-8-9-20(28-5)21(16-18)29-6;/h8-9,16,19H,7,10-15,17H2,1-6H3,(H2,24,25,26);1H. The molecule has 178 valence electrons. The van der Waals surface area contributed by atoms with Crippen molar-refractivity contribution in [3.8, 4) is 11.5 Å². The van der Waals surface area contributed by atoms with Crippen molar-refractivity contribution in [2.75, 3.05) is 60.7 Å². The molecule has 31 heavy (non-hydrogen) atoms. The first-order valence-electron chi connectivity index (χ1n) is 10.9. The van der Waals surface area contributed by atoms with Gasteiger partial charge in [0.25, 0.3) is 0 Å². The highest BCUT2D eigenvalue weighted by atomic mass is 127. The van der Waals surface area contributed by atoms with E-state index in [0.717, 1.165) is 63.3 Å². The van der Waals surface area contributed by atoms with Crippen LogP contribution in [0.1, 0.15) is 45.2 Å². The molecule has 7 nitrogen and oxygen atoms in total. The Bertz CT molecular complexity index is 673. The Labute approximate surface area is 205 Å². The molecule has 1 aromatic carbocycles. The summed E-state index contributed by atoms with van der Waals surface area (Å²) in [6.45, 7) is 11.8. The summed E-state index contributed by atoms with van der Waals surface area (Å²) in [7, 11) is 5.15. The van der Waals surface area contributed by atoms with Crippen molar-refractivity contribution in [3.63, 3.8) is 0 Å². The summed E-state index contributed by atoms with van der Waals surface area (Å²) in [5.41, 5.74) is 1.54. The van der Waals surface area contributed by atoms with Crippen LogP contribution in [0.4, 0.5) is 0 Å². The first-order chi connectivity index (χ1) is 14.4. The second kappa shape index (κ2) is 14.0. The number of benzene rings is 1. The molecule has 1 fully saturated rings. The average Bonchev–Trinajstić information content (AvgIpc) is 2.75. The molecule has 0 aliphatic carbocycles. The Kier molecular flexibility index (Phi) is 12.5. The van der Waals surface area contributed by atoms with Gasteiger partial charge in [-0.05, 0) is 36.0 Å². The van der Waals surface area contributed by atoms with Gasteiger partial charge in [-0.1, -0.05) is 26.8 Å². The van der Waals surface area contributed by atoms with E-state index in [0.29, 0.717) is 5.41 Å². The van der Waals surface area contributed by atoms with Gasteiger partial charge in [0.05, 0.1) is 33.5 Å². The number of halogens is 1. The van der Waals surface area contributed by atoms with Crippen molar-refractivity contribution in [2.24, 2.45) is 10.4 Å². The molecule has 1 aliphatic rings. The van der Waals surface area contributed by atoms with Crippen LogP contribution in [0.25, 0.3) is 0 Å². The first-order valence-corrected chi connectivity index (χ1v) is 10.9. The topological polar surface area (TPSA) is 67.4 Å². The summed E-state index contributed by atoms with van der Waals surface area (Å²) in [4.78, 5) is 6.85. The lowest BCUT2D eigenvalue weighted by atomic mass is 9.91. The Morgan fingerprint density at radius 3 is 2.39 bits per heavy atom. The Morgan fingerprint density at radius 1 is 1.13 bits per heavy atom. The van der Waals surface area contributed by atoms with Gasteiger partial charge in [-0.15, -0.1) is 24.0 Å². The monoisotopic (exact) mass is 548 g/mol.